The highest BCUT2D eigenvalue weighted by Gasteiger charge is 2.65. The Bertz CT molecular complexity index is 921. The maximum atomic E-state index is 13.5. The molecule has 2 atom stereocenters. The molecule has 0 aliphatic heterocycles. The molecule has 2 aliphatic carbocycles. The Balaban J connectivity index is 1.79. The van der Waals surface area contributed by atoms with Gasteiger partial charge in [0.1, 0.15) is 11.5 Å². The van der Waals surface area contributed by atoms with Gasteiger partial charge < -0.3 is 9.84 Å². The first-order valence-electron chi connectivity index (χ1n) is 10.6. The van der Waals surface area contributed by atoms with E-state index in [1.807, 2.05) is 27.7 Å². The van der Waals surface area contributed by atoms with Crippen LogP contribution in [-0.2, 0) is 19.6 Å². The molecule has 0 saturated heterocycles. The Morgan fingerprint density at radius 3 is 2.60 bits per heavy atom. The molecule has 168 valence electrons. The number of fused-ring (bicyclic) bond motifs is 2. The number of anilines is 1. The van der Waals surface area contributed by atoms with Crippen LogP contribution < -0.4 is 5.32 Å². The summed E-state index contributed by atoms with van der Waals surface area (Å²) < 4.78 is 33.1. The molecular weight excluding hydrogens is 406 g/mol. The number of rotatable bonds is 9. The third-order valence-electron chi connectivity index (χ3n) is 7.13. The summed E-state index contributed by atoms with van der Waals surface area (Å²) in [6.45, 7) is 9.68. The number of sulfonamides is 1. The average molecular weight is 440 g/mol. The van der Waals surface area contributed by atoms with Crippen molar-refractivity contribution >= 4 is 27.5 Å². The van der Waals surface area contributed by atoms with Crippen LogP contribution in [0.3, 0.4) is 0 Å². The first kappa shape index (κ1) is 22.9. The minimum atomic E-state index is -3.82. The Hall–Kier alpha value is -1.74. The van der Waals surface area contributed by atoms with Crippen LogP contribution in [0.1, 0.15) is 59.1 Å². The van der Waals surface area contributed by atoms with Crippen molar-refractivity contribution in [3.8, 4) is 0 Å². The van der Waals surface area contributed by atoms with Crippen LogP contribution in [0.15, 0.2) is 10.6 Å². The summed E-state index contributed by atoms with van der Waals surface area (Å²) in [5, 5.41) is 6.31. The van der Waals surface area contributed by atoms with Gasteiger partial charge in [-0.25, -0.2) is 8.42 Å². The van der Waals surface area contributed by atoms with E-state index in [1.54, 1.807) is 13.0 Å². The fourth-order valence-corrected chi connectivity index (χ4v) is 7.18. The zero-order valence-electron chi connectivity index (χ0n) is 18.5. The van der Waals surface area contributed by atoms with Gasteiger partial charge in [0.25, 0.3) is 0 Å². The molecular formula is C21H33N3O5S. The highest BCUT2D eigenvalue weighted by Crippen LogP contribution is 2.64. The fourth-order valence-electron chi connectivity index (χ4n) is 5.00. The third-order valence-corrected chi connectivity index (χ3v) is 9.09. The van der Waals surface area contributed by atoms with Gasteiger partial charge in [0.15, 0.2) is 5.82 Å². The van der Waals surface area contributed by atoms with Crippen LogP contribution in [0.25, 0.3) is 0 Å². The maximum absolute atomic E-state index is 13.5. The SMILES string of the molecule is Cc1cc(NC(=O)CN(CCC(C)C)S(=O)(=O)CC23CCC(CC2=O)C3(C)C)no1. The summed E-state index contributed by atoms with van der Waals surface area (Å²) in [6, 6.07) is 1.57. The van der Waals surface area contributed by atoms with E-state index in [2.05, 4.69) is 10.5 Å². The summed E-state index contributed by atoms with van der Waals surface area (Å²) in [7, 11) is -3.82. The summed E-state index contributed by atoms with van der Waals surface area (Å²) in [5.41, 5.74) is -1.20. The molecule has 3 rings (SSSR count). The van der Waals surface area contributed by atoms with E-state index in [4.69, 9.17) is 4.52 Å². The molecule has 1 amide bonds. The van der Waals surface area contributed by atoms with Crippen molar-refractivity contribution in [2.45, 2.75) is 60.3 Å². The van der Waals surface area contributed by atoms with E-state index < -0.39 is 21.3 Å². The number of carbonyl (C=O) groups excluding carboxylic acids is 2. The molecule has 2 saturated carbocycles. The van der Waals surface area contributed by atoms with E-state index >= 15 is 0 Å². The first-order chi connectivity index (χ1) is 13.9. The predicted octanol–water partition coefficient (Wildman–Crippen LogP) is 2.99. The molecule has 1 N–H and O–H groups in total. The van der Waals surface area contributed by atoms with Crippen molar-refractivity contribution in [3.05, 3.63) is 11.8 Å². The van der Waals surface area contributed by atoms with Gasteiger partial charge in [-0.2, -0.15) is 4.31 Å². The third kappa shape index (κ3) is 4.19. The van der Waals surface area contributed by atoms with Crippen molar-refractivity contribution in [2.24, 2.45) is 22.7 Å². The van der Waals surface area contributed by atoms with Crippen molar-refractivity contribution < 1.29 is 22.5 Å². The lowest BCUT2D eigenvalue weighted by Gasteiger charge is -2.37. The predicted molar refractivity (Wildman–Crippen MR) is 113 cm³/mol. The fraction of sp³-hybridized carbons (Fsp3) is 0.762. The molecule has 0 spiro atoms. The number of ketones is 1. The molecule has 8 nitrogen and oxygen atoms in total. The molecule has 2 aliphatic rings. The second kappa shape index (κ2) is 8.07. The number of aryl methyl sites for hydroxylation is 1. The second-order valence-electron chi connectivity index (χ2n) is 9.81. The zero-order chi connectivity index (χ0) is 22.3. The van der Waals surface area contributed by atoms with Crippen LogP contribution >= 0.6 is 0 Å². The molecule has 30 heavy (non-hydrogen) atoms. The molecule has 0 radical (unpaired) electrons. The van der Waals surface area contributed by atoms with Gasteiger partial charge in [-0.1, -0.05) is 32.9 Å². The van der Waals surface area contributed by atoms with Crippen LogP contribution in [-0.4, -0.2) is 48.4 Å². The quantitative estimate of drug-likeness (QED) is 0.633. The van der Waals surface area contributed by atoms with Gasteiger partial charge in [0.2, 0.25) is 15.9 Å². The molecule has 0 aromatic carbocycles. The van der Waals surface area contributed by atoms with Crippen LogP contribution in [0.2, 0.25) is 0 Å². The summed E-state index contributed by atoms with van der Waals surface area (Å²) in [6.07, 6.45) is 2.57. The molecule has 9 heteroatoms. The van der Waals surface area contributed by atoms with Gasteiger partial charge >= 0.3 is 0 Å². The average Bonchev–Trinajstić information content (AvgIpc) is 3.19. The van der Waals surface area contributed by atoms with Crippen molar-refractivity contribution in [3.63, 3.8) is 0 Å². The number of aromatic nitrogens is 1. The van der Waals surface area contributed by atoms with Crippen LogP contribution in [0, 0.1) is 29.6 Å². The lowest BCUT2D eigenvalue weighted by molar-refractivity contribution is -0.128. The highest BCUT2D eigenvalue weighted by molar-refractivity contribution is 7.89. The van der Waals surface area contributed by atoms with Gasteiger partial charge in [-0.15, -0.1) is 0 Å². The topological polar surface area (TPSA) is 110 Å². The molecule has 2 fully saturated rings. The number of amides is 1. The molecule has 1 aromatic rings. The monoisotopic (exact) mass is 439 g/mol. The Morgan fingerprint density at radius 1 is 1.40 bits per heavy atom. The minimum absolute atomic E-state index is 0.0543. The number of carbonyl (C=O) groups is 2. The molecule has 2 bridgehead atoms. The van der Waals surface area contributed by atoms with E-state index in [1.165, 1.54) is 4.31 Å². The molecule has 1 heterocycles. The van der Waals surface area contributed by atoms with Gasteiger partial charge in [-0.05, 0) is 43.4 Å². The Kier molecular flexibility index (Phi) is 6.17. The van der Waals surface area contributed by atoms with Crippen LogP contribution in [0.4, 0.5) is 5.82 Å². The van der Waals surface area contributed by atoms with E-state index in [-0.39, 0.29) is 47.7 Å². The number of nitrogens with one attached hydrogen (secondary N) is 1. The number of Topliss-reactive ketones (excluding diaryl/α,β-unsaturated/α-hetero) is 1. The number of nitrogens with zero attached hydrogens (tertiary/aromatic N) is 2. The number of hydrogen-bond acceptors (Lipinski definition) is 6. The van der Waals surface area contributed by atoms with Crippen molar-refractivity contribution in [2.75, 3.05) is 24.2 Å². The minimum Gasteiger partial charge on any atom is -0.360 e. The van der Waals surface area contributed by atoms with Gasteiger partial charge in [-0.3, -0.25) is 9.59 Å². The van der Waals surface area contributed by atoms with Gasteiger partial charge in [0, 0.05) is 24.4 Å². The smallest absolute Gasteiger partial charge is 0.240 e. The van der Waals surface area contributed by atoms with E-state index in [0.717, 1.165) is 6.42 Å². The van der Waals surface area contributed by atoms with Gasteiger partial charge in [0.05, 0.1) is 12.3 Å². The summed E-state index contributed by atoms with van der Waals surface area (Å²) in [5.74, 6) is 0.671. The lowest BCUT2D eigenvalue weighted by Crippen LogP contribution is -2.48. The van der Waals surface area contributed by atoms with Crippen LogP contribution in [0.5, 0.6) is 0 Å². The summed E-state index contributed by atoms with van der Waals surface area (Å²) in [4.78, 5) is 25.4. The molecule has 1 aromatic heterocycles. The maximum Gasteiger partial charge on any atom is 0.240 e. The molecule has 2 unspecified atom stereocenters. The Labute approximate surface area is 178 Å². The zero-order valence-corrected chi connectivity index (χ0v) is 19.3. The van der Waals surface area contributed by atoms with Crippen molar-refractivity contribution in [1.29, 1.82) is 0 Å². The first-order valence-corrected chi connectivity index (χ1v) is 12.2. The number of hydrogen-bond donors (Lipinski definition) is 1. The standard InChI is InChI=1S/C21H33N3O5S/c1-14(2)7-9-24(12-19(26)22-18-10-15(3)29-23-18)30(27,28)13-21-8-6-16(11-17(21)25)20(21,4)5/h10,14,16H,6-9,11-13H2,1-5H3,(H,22,23,26). The second-order valence-corrected chi connectivity index (χ2v) is 11.8. The van der Waals surface area contributed by atoms with Crippen molar-refractivity contribution in [1.82, 2.24) is 9.46 Å². The van der Waals surface area contributed by atoms with E-state index in [9.17, 15) is 18.0 Å². The Morgan fingerprint density at radius 2 is 2.10 bits per heavy atom. The largest absolute Gasteiger partial charge is 0.360 e. The lowest BCUT2D eigenvalue weighted by atomic mass is 9.70. The summed E-state index contributed by atoms with van der Waals surface area (Å²) >= 11 is 0. The normalized spacial score (nSPS) is 25.4. The highest BCUT2D eigenvalue weighted by atomic mass is 32.2. The van der Waals surface area contributed by atoms with E-state index in [0.29, 0.717) is 25.0 Å².